The first-order valence-electron chi connectivity index (χ1n) is 6.90. The summed E-state index contributed by atoms with van der Waals surface area (Å²) in [5.41, 5.74) is 1.90. The van der Waals surface area contributed by atoms with Gasteiger partial charge in [-0.05, 0) is 24.3 Å². The van der Waals surface area contributed by atoms with Crippen molar-refractivity contribution in [3.05, 3.63) is 64.5 Å². The second kappa shape index (κ2) is 7.77. The third-order valence-electron chi connectivity index (χ3n) is 3.00. The molecule has 1 heterocycles. The molecule has 2 aromatic carbocycles. The molecule has 0 fully saturated rings. The van der Waals surface area contributed by atoms with Crippen LogP contribution in [0.2, 0.25) is 0 Å². The number of rotatable bonds is 5. The maximum absolute atomic E-state index is 12.0. The molecule has 3 aromatic rings. The van der Waals surface area contributed by atoms with E-state index < -0.39 is 0 Å². The van der Waals surface area contributed by atoms with Crippen LogP contribution in [0.4, 0.5) is 5.13 Å². The van der Waals surface area contributed by atoms with Gasteiger partial charge in [0.05, 0.1) is 11.4 Å². The number of amides is 1. The highest BCUT2D eigenvalue weighted by atomic mass is 79.9. The Balaban J connectivity index is 1.58. The monoisotopic (exact) mass is 404 g/mol. The number of halogens is 1. The van der Waals surface area contributed by atoms with Crippen molar-refractivity contribution in [2.75, 3.05) is 11.1 Å². The molecule has 0 saturated heterocycles. The normalized spacial score (nSPS) is 10.5. The maximum atomic E-state index is 12.0. The number of carbonyl (C=O) groups is 1. The molecule has 1 amide bonds. The number of aromatic nitrogens is 1. The first-order valence-corrected chi connectivity index (χ1v) is 9.56. The second-order valence-corrected chi connectivity index (χ2v) is 7.52. The van der Waals surface area contributed by atoms with Crippen molar-refractivity contribution in [3.63, 3.8) is 0 Å². The van der Waals surface area contributed by atoms with Crippen LogP contribution in [0.5, 0.6) is 0 Å². The summed E-state index contributed by atoms with van der Waals surface area (Å²) in [4.78, 5) is 17.6. The average Bonchev–Trinajstić information content (AvgIpc) is 3.03. The van der Waals surface area contributed by atoms with Crippen LogP contribution < -0.4 is 5.32 Å². The summed E-state index contributed by atoms with van der Waals surface area (Å²) in [5.74, 6) is 0.326. The van der Waals surface area contributed by atoms with Gasteiger partial charge >= 0.3 is 0 Å². The van der Waals surface area contributed by atoms with E-state index in [9.17, 15) is 4.79 Å². The van der Waals surface area contributed by atoms with Crippen molar-refractivity contribution < 1.29 is 4.79 Å². The molecule has 3 nitrogen and oxygen atoms in total. The molecular weight excluding hydrogens is 392 g/mol. The minimum absolute atomic E-state index is 0.0458. The lowest BCUT2D eigenvalue weighted by atomic mass is 10.2. The van der Waals surface area contributed by atoms with Crippen molar-refractivity contribution in [1.29, 1.82) is 0 Å². The molecule has 0 unspecified atom stereocenters. The number of anilines is 1. The van der Waals surface area contributed by atoms with Crippen molar-refractivity contribution in [2.45, 2.75) is 4.90 Å². The molecule has 0 spiro atoms. The van der Waals surface area contributed by atoms with Crippen LogP contribution in [0.3, 0.4) is 0 Å². The Morgan fingerprint density at radius 1 is 1.13 bits per heavy atom. The molecule has 23 heavy (non-hydrogen) atoms. The SMILES string of the molecule is O=C(CSc1ccccc1)Nc1nc(-c2ccc(Br)cc2)cs1. The molecule has 116 valence electrons. The Kier molecular flexibility index (Phi) is 5.48. The molecule has 6 heteroatoms. The van der Waals surface area contributed by atoms with Gasteiger partial charge in [0.25, 0.3) is 0 Å². The van der Waals surface area contributed by atoms with E-state index in [1.165, 1.54) is 23.1 Å². The number of benzene rings is 2. The first-order chi connectivity index (χ1) is 11.2. The number of hydrogen-bond acceptors (Lipinski definition) is 4. The third kappa shape index (κ3) is 4.67. The van der Waals surface area contributed by atoms with E-state index in [4.69, 9.17) is 0 Å². The highest BCUT2D eigenvalue weighted by Gasteiger charge is 2.08. The minimum Gasteiger partial charge on any atom is -0.301 e. The lowest BCUT2D eigenvalue weighted by Crippen LogP contribution is -2.13. The number of thiazole rings is 1. The summed E-state index contributed by atoms with van der Waals surface area (Å²) in [7, 11) is 0. The molecule has 0 bridgehead atoms. The van der Waals surface area contributed by atoms with Gasteiger partial charge < -0.3 is 5.32 Å². The molecule has 0 atom stereocenters. The Morgan fingerprint density at radius 3 is 2.61 bits per heavy atom. The molecule has 0 radical (unpaired) electrons. The van der Waals surface area contributed by atoms with E-state index in [1.54, 1.807) is 0 Å². The standard InChI is InChI=1S/C17H13BrN2OS2/c18-13-8-6-12(7-9-13)15-10-23-17(19-15)20-16(21)11-22-14-4-2-1-3-5-14/h1-10H,11H2,(H,19,20,21). The van der Waals surface area contributed by atoms with Crippen LogP contribution in [0, 0.1) is 0 Å². The van der Waals surface area contributed by atoms with Crippen LogP contribution in [0.25, 0.3) is 11.3 Å². The highest BCUT2D eigenvalue weighted by molar-refractivity contribution is 9.10. The molecule has 0 aliphatic heterocycles. The third-order valence-corrected chi connectivity index (χ3v) is 5.30. The summed E-state index contributed by atoms with van der Waals surface area (Å²) in [6.45, 7) is 0. The molecule has 3 rings (SSSR count). The van der Waals surface area contributed by atoms with Crippen molar-refractivity contribution in [1.82, 2.24) is 4.98 Å². The zero-order chi connectivity index (χ0) is 16.1. The van der Waals surface area contributed by atoms with Crippen molar-refractivity contribution in [3.8, 4) is 11.3 Å². The Hall–Kier alpha value is -1.63. The number of thioether (sulfide) groups is 1. The van der Waals surface area contributed by atoms with Gasteiger partial charge in [-0.3, -0.25) is 4.79 Å². The molecule has 0 aliphatic carbocycles. The number of nitrogens with zero attached hydrogens (tertiary/aromatic N) is 1. The topological polar surface area (TPSA) is 42.0 Å². The van der Waals surface area contributed by atoms with Gasteiger partial charge in [0.1, 0.15) is 0 Å². The Bertz CT molecular complexity index is 788. The van der Waals surface area contributed by atoms with E-state index in [1.807, 2.05) is 60.0 Å². The minimum atomic E-state index is -0.0458. The number of hydrogen-bond donors (Lipinski definition) is 1. The Morgan fingerprint density at radius 2 is 1.87 bits per heavy atom. The lowest BCUT2D eigenvalue weighted by Gasteiger charge is -2.02. The van der Waals surface area contributed by atoms with E-state index in [-0.39, 0.29) is 5.91 Å². The fraction of sp³-hybridized carbons (Fsp3) is 0.0588. The van der Waals surface area contributed by atoms with Gasteiger partial charge in [-0.15, -0.1) is 23.1 Å². The lowest BCUT2D eigenvalue weighted by molar-refractivity contribution is -0.113. The van der Waals surface area contributed by atoms with E-state index in [0.717, 1.165) is 20.6 Å². The van der Waals surface area contributed by atoms with E-state index in [2.05, 4.69) is 26.2 Å². The number of nitrogens with one attached hydrogen (secondary N) is 1. The maximum Gasteiger partial charge on any atom is 0.236 e. The van der Waals surface area contributed by atoms with Crippen LogP contribution >= 0.6 is 39.0 Å². The second-order valence-electron chi connectivity index (χ2n) is 4.69. The summed E-state index contributed by atoms with van der Waals surface area (Å²) in [6, 6.07) is 17.8. The summed E-state index contributed by atoms with van der Waals surface area (Å²) in [5, 5.41) is 5.43. The van der Waals surface area contributed by atoms with Gasteiger partial charge in [0, 0.05) is 20.3 Å². The summed E-state index contributed by atoms with van der Waals surface area (Å²) >= 11 is 6.36. The zero-order valence-electron chi connectivity index (χ0n) is 12.0. The number of carbonyl (C=O) groups excluding carboxylic acids is 1. The summed E-state index contributed by atoms with van der Waals surface area (Å²) in [6.07, 6.45) is 0. The van der Waals surface area contributed by atoms with Gasteiger partial charge in [0.2, 0.25) is 5.91 Å². The predicted molar refractivity (Wildman–Crippen MR) is 101 cm³/mol. The fourth-order valence-corrected chi connectivity index (χ4v) is 3.63. The van der Waals surface area contributed by atoms with Gasteiger partial charge in [-0.2, -0.15) is 0 Å². The highest BCUT2D eigenvalue weighted by Crippen LogP contribution is 2.26. The smallest absolute Gasteiger partial charge is 0.236 e. The van der Waals surface area contributed by atoms with Crippen molar-refractivity contribution >= 4 is 50.1 Å². The molecule has 0 aliphatic rings. The van der Waals surface area contributed by atoms with Crippen LogP contribution in [-0.2, 0) is 4.79 Å². The average molecular weight is 405 g/mol. The summed E-state index contributed by atoms with van der Waals surface area (Å²) < 4.78 is 1.03. The largest absolute Gasteiger partial charge is 0.301 e. The quantitative estimate of drug-likeness (QED) is 0.586. The van der Waals surface area contributed by atoms with Crippen LogP contribution in [0.1, 0.15) is 0 Å². The van der Waals surface area contributed by atoms with Gasteiger partial charge in [-0.25, -0.2) is 4.98 Å². The first kappa shape index (κ1) is 16.2. The van der Waals surface area contributed by atoms with Crippen LogP contribution in [-0.4, -0.2) is 16.6 Å². The van der Waals surface area contributed by atoms with E-state index >= 15 is 0 Å². The molecule has 0 saturated carbocycles. The van der Waals surface area contributed by atoms with E-state index in [0.29, 0.717) is 10.9 Å². The van der Waals surface area contributed by atoms with Gasteiger partial charge in [-0.1, -0.05) is 46.3 Å². The Labute approximate surface area is 151 Å². The zero-order valence-corrected chi connectivity index (χ0v) is 15.2. The van der Waals surface area contributed by atoms with Gasteiger partial charge in [0.15, 0.2) is 5.13 Å². The predicted octanol–water partition coefficient (Wildman–Crippen LogP) is 5.30. The molecule has 1 aromatic heterocycles. The fourth-order valence-electron chi connectivity index (χ4n) is 1.91. The van der Waals surface area contributed by atoms with Crippen LogP contribution in [0.15, 0.2) is 69.3 Å². The molecule has 1 N–H and O–H groups in total. The molecular formula is C17H13BrN2OS2. The van der Waals surface area contributed by atoms with Crippen molar-refractivity contribution in [2.24, 2.45) is 0 Å².